The van der Waals surface area contributed by atoms with Crippen LogP contribution in [0.5, 0.6) is 0 Å². The average Bonchev–Trinajstić information content (AvgIpc) is 2.35. The molecule has 96 valence electrons. The van der Waals surface area contributed by atoms with Crippen molar-refractivity contribution in [1.29, 1.82) is 0 Å². The molecule has 0 radical (unpaired) electrons. The molecule has 4 heteroatoms. The smallest absolute Gasteiger partial charge is 0.132 e. The second-order valence-corrected chi connectivity index (χ2v) is 4.53. The summed E-state index contributed by atoms with van der Waals surface area (Å²) in [6.45, 7) is 6.23. The Hall–Kier alpha value is -0.830. The first-order chi connectivity index (χ1) is 8.31. The fourth-order valence-corrected chi connectivity index (χ4v) is 1.95. The molecule has 1 aromatic rings. The molecular weight excluding hydrogens is 234 g/mol. The lowest BCUT2D eigenvalue weighted by Crippen LogP contribution is -2.27. The fraction of sp³-hybridized carbons (Fsp3) is 0.692. The molecule has 0 amide bonds. The van der Waals surface area contributed by atoms with E-state index in [4.69, 9.17) is 11.6 Å². The molecule has 1 rings (SSSR count). The Kier molecular flexibility index (Phi) is 6.94. The number of halogens is 1. The summed E-state index contributed by atoms with van der Waals surface area (Å²) in [5.41, 5.74) is 1.12. The Morgan fingerprint density at radius 3 is 2.65 bits per heavy atom. The monoisotopic (exact) mass is 255 g/mol. The summed E-state index contributed by atoms with van der Waals surface area (Å²) < 4.78 is 0. The Labute approximate surface area is 109 Å². The van der Waals surface area contributed by atoms with Gasteiger partial charge in [-0.15, -0.1) is 11.6 Å². The SMILES string of the molecule is CCCCN(CCCl)c1cc(CCC)ncn1. The number of unbranched alkanes of at least 4 members (excludes halogenated alkanes) is 1. The molecule has 0 aliphatic rings. The van der Waals surface area contributed by atoms with Gasteiger partial charge in [0.2, 0.25) is 0 Å². The molecule has 0 N–H and O–H groups in total. The molecule has 0 unspecified atom stereocenters. The van der Waals surface area contributed by atoms with Gasteiger partial charge in [0.1, 0.15) is 12.1 Å². The second-order valence-electron chi connectivity index (χ2n) is 4.15. The third-order valence-electron chi connectivity index (χ3n) is 2.68. The molecule has 1 heterocycles. The number of anilines is 1. The van der Waals surface area contributed by atoms with Gasteiger partial charge in [-0.05, 0) is 12.8 Å². The summed E-state index contributed by atoms with van der Waals surface area (Å²) in [6.07, 6.45) is 6.14. The van der Waals surface area contributed by atoms with Crippen molar-refractivity contribution < 1.29 is 0 Å². The van der Waals surface area contributed by atoms with E-state index in [-0.39, 0.29) is 0 Å². The van der Waals surface area contributed by atoms with Crippen LogP contribution in [0.2, 0.25) is 0 Å². The van der Waals surface area contributed by atoms with E-state index in [0.29, 0.717) is 5.88 Å². The van der Waals surface area contributed by atoms with Crippen LogP contribution in [0.1, 0.15) is 38.8 Å². The molecule has 0 saturated carbocycles. The molecule has 0 spiro atoms. The highest BCUT2D eigenvalue weighted by atomic mass is 35.5. The van der Waals surface area contributed by atoms with Crippen molar-refractivity contribution >= 4 is 17.4 Å². The molecule has 0 atom stereocenters. The van der Waals surface area contributed by atoms with E-state index in [1.807, 2.05) is 0 Å². The van der Waals surface area contributed by atoms with Gasteiger partial charge in [-0.1, -0.05) is 26.7 Å². The molecule has 3 nitrogen and oxygen atoms in total. The van der Waals surface area contributed by atoms with Crippen LogP contribution >= 0.6 is 11.6 Å². The minimum Gasteiger partial charge on any atom is -0.355 e. The van der Waals surface area contributed by atoms with Gasteiger partial charge in [-0.3, -0.25) is 0 Å². The number of hydrogen-bond acceptors (Lipinski definition) is 3. The van der Waals surface area contributed by atoms with E-state index < -0.39 is 0 Å². The molecule has 17 heavy (non-hydrogen) atoms. The molecule has 0 aromatic carbocycles. The van der Waals surface area contributed by atoms with Gasteiger partial charge in [0, 0.05) is 30.7 Å². The molecule has 1 aromatic heterocycles. The fourth-order valence-electron chi connectivity index (χ4n) is 1.74. The first-order valence-electron chi connectivity index (χ1n) is 6.43. The second kappa shape index (κ2) is 8.29. The predicted molar refractivity (Wildman–Crippen MR) is 73.9 cm³/mol. The van der Waals surface area contributed by atoms with Gasteiger partial charge >= 0.3 is 0 Å². The van der Waals surface area contributed by atoms with E-state index >= 15 is 0 Å². The van der Waals surface area contributed by atoms with Crippen LogP contribution in [0.15, 0.2) is 12.4 Å². The van der Waals surface area contributed by atoms with Gasteiger partial charge in [0.15, 0.2) is 0 Å². The summed E-state index contributed by atoms with van der Waals surface area (Å²) in [6, 6.07) is 2.09. The zero-order valence-corrected chi connectivity index (χ0v) is 11.6. The third kappa shape index (κ3) is 4.90. The molecular formula is C13H22ClN3. The summed E-state index contributed by atoms with van der Waals surface area (Å²) in [5, 5.41) is 0. The van der Waals surface area contributed by atoms with Crippen LogP contribution in [-0.2, 0) is 6.42 Å². The van der Waals surface area contributed by atoms with E-state index in [9.17, 15) is 0 Å². The summed E-state index contributed by atoms with van der Waals surface area (Å²) in [7, 11) is 0. The number of nitrogens with zero attached hydrogens (tertiary/aromatic N) is 3. The first kappa shape index (κ1) is 14.2. The van der Waals surface area contributed by atoms with Crippen molar-refractivity contribution in [2.75, 3.05) is 23.9 Å². The van der Waals surface area contributed by atoms with Gasteiger partial charge in [0.25, 0.3) is 0 Å². The lowest BCUT2D eigenvalue weighted by molar-refractivity contribution is 0.722. The maximum Gasteiger partial charge on any atom is 0.132 e. The number of alkyl halides is 1. The van der Waals surface area contributed by atoms with Crippen LogP contribution in [0.3, 0.4) is 0 Å². The van der Waals surface area contributed by atoms with Crippen molar-refractivity contribution in [1.82, 2.24) is 9.97 Å². The van der Waals surface area contributed by atoms with Crippen LogP contribution in [0.4, 0.5) is 5.82 Å². The molecule has 0 aliphatic carbocycles. The predicted octanol–water partition coefficient (Wildman–Crippen LogP) is 3.27. The van der Waals surface area contributed by atoms with E-state index in [1.165, 1.54) is 12.8 Å². The van der Waals surface area contributed by atoms with Crippen LogP contribution in [-0.4, -0.2) is 28.9 Å². The highest BCUT2D eigenvalue weighted by Crippen LogP contribution is 2.13. The Morgan fingerprint density at radius 2 is 2.00 bits per heavy atom. The van der Waals surface area contributed by atoms with Crippen molar-refractivity contribution in [3.63, 3.8) is 0 Å². The minimum absolute atomic E-state index is 0.636. The van der Waals surface area contributed by atoms with Crippen molar-refractivity contribution in [2.45, 2.75) is 39.5 Å². The molecule has 0 bridgehead atoms. The van der Waals surface area contributed by atoms with E-state index in [0.717, 1.165) is 37.4 Å². The van der Waals surface area contributed by atoms with Crippen LogP contribution < -0.4 is 4.90 Å². The van der Waals surface area contributed by atoms with Crippen molar-refractivity contribution in [2.24, 2.45) is 0 Å². The standard InChI is InChI=1S/C13H22ClN3/c1-3-5-8-17(9-7-14)13-10-12(6-4-2)15-11-16-13/h10-11H,3-9H2,1-2H3. The molecule has 0 fully saturated rings. The normalized spacial score (nSPS) is 10.5. The van der Waals surface area contributed by atoms with Crippen LogP contribution in [0, 0.1) is 0 Å². The maximum absolute atomic E-state index is 5.84. The lowest BCUT2D eigenvalue weighted by Gasteiger charge is -2.22. The average molecular weight is 256 g/mol. The van der Waals surface area contributed by atoms with Crippen molar-refractivity contribution in [3.05, 3.63) is 18.1 Å². The zero-order valence-electron chi connectivity index (χ0n) is 10.8. The van der Waals surface area contributed by atoms with Gasteiger partial charge in [-0.25, -0.2) is 9.97 Å². The van der Waals surface area contributed by atoms with Gasteiger partial charge < -0.3 is 4.90 Å². The quantitative estimate of drug-likeness (QED) is 0.668. The number of aromatic nitrogens is 2. The lowest BCUT2D eigenvalue weighted by atomic mass is 10.2. The van der Waals surface area contributed by atoms with Gasteiger partial charge in [0.05, 0.1) is 0 Å². The molecule has 0 saturated heterocycles. The van der Waals surface area contributed by atoms with Gasteiger partial charge in [-0.2, -0.15) is 0 Å². The third-order valence-corrected chi connectivity index (χ3v) is 2.84. The Morgan fingerprint density at radius 1 is 1.18 bits per heavy atom. The summed E-state index contributed by atoms with van der Waals surface area (Å²) >= 11 is 5.84. The number of hydrogen-bond donors (Lipinski definition) is 0. The van der Waals surface area contributed by atoms with Crippen molar-refractivity contribution in [3.8, 4) is 0 Å². The minimum atomic E-state index is 0.636. The highest BCUT2D eigenvalue weighted by molar-refractivity contribution is 6.18. The Balaban J connectivity index is 2.73. The Bertz CT molecular complexity index is 317. The van der Waals surface area contributed by atoms with E-state index in [1.54, 1.807) is 6.33 Å². The maximum atomic E-state index is 5.84. The zero-order chi connectivity index (χ0) is 12.5. The van der Waals surface area contributed by atoms with Crippen LogP contribution in [0.25, 0.3) is 0 Å². The highest BCUT2D eigenvalue weighted by Gasteiger charge is 2.07. The van der Waals surface area contributed by atoms with E-state index in [2.05, 4.69) is 34.8 Å². The summed E-state index contributed by atoms with van der Waals surface area (Å²) in [4.78, 5) is 10.9. The topological polar surface area (TPSA) is 29.0 Å². The molecule has 0 aliphatic heterocycles. The summed E-state index contributed by atoms with van der Waals surface area (Å²) in [5.74, 6) is 1.65. The largest absolute Gasteiger partial charge is 0.355 e. The number of rotatable bonds is 8. The number of aryl methyl sites for hydroxylation is 1. The first-order valence-corrected chi connectivity index (χ1v) is 6.97.